The molecule has 4 nitrogen and oxygen atoms in total. The zero-order chi connectivity index (χ0) is 15.1. The Morgan fingerprint density at radius 2 is 1.90 bits per heavy atom. The van der Waals surface area contributed by atoms with Gasteiger partial charge in [0.1, 0.15) is 5.75 Å². The number of oxime groups is 1. The van der Waals surface area contributed by atoms with E-state index < -0.39 is 0 Å². The predicted octanol–water partition coefficient (Wildman–Crippen LogP) is 3.58. The molecule has 0 saturated carbocycles. The topological polar surface area (TPSA) is 62.1 Å². The number of unbranched alkanes of at least 4 members (excludes halogenated alkanes) is 2. The van der Waals surface area contributed by atoms with Crippen molar-refractivity contribution in [3.05, 3.63) is 42.0 Å². The third kappa shape index (κ3) is 3.73. The number of ether oxygens (including phenoxy) is 1. The molecule has 0 atom stereocenters. The molecule has 2 aromatic rings. The van der Waals surface area contributed by atoms with Gasteiger partial charge in [-0.15, -0.1) is 0 Å². The third-order valence-electron chi connectivity index (χ3n) is 3.47. The van der Waals surface area contributed by atoms with E-state index in [0.717, 1.165) is 41.3 Å². The summed E-state index contributed by atoms with van der Waals surface area (Å²) >= 11 is 0. The Balaban J connectivity index is 2.28. The minimum atomic E-state index is 0.218. The van der Waals surface area contributed by atoms with E-state index in [9.17, 15) is 0 Å². The van der Waals surface area contributed by atoms with Gasteiger partial charge in [-0.3, -0.25) is 0 Å². The second-order valence-corrected chi connectivity index (χ2v) is 4.98. The number of aliphatic hydroxyl groups is 1. The monoisotopic (exact) mass is 287 g/mol. The highest BCUT2D eigenvalue weighted by Crippen LogP contribution is 2.30. The van der Waals surface area contributed by atoms with Gasteiger partial charge in [-0.1, -0.05) is 35.5 Å². The molecule has 0 fully saturated rings. The molecule has 2 rings (SSSR count). The van der Waals surface area contributed by atoms with E-state index >= 15 is 0 Å². The first kappa shape index (κ1) is 15.3. The highest BCUT2D eigenvalue weighted by atomic mass is 16.5. The second kappa shape index (κ2) is 7.64. The first-order valence-electron chi connectivity index (χ1n) is 7.22. The fourth-order valence-electron chi connectivity index (χ4n) is 2.30. The highest BCUT2D eigenvalue weighted by molar-refractivity contribution is 6.06. The van der Waals surface area contributed by atoms with Crippen LogP contribution in [0.1, 0.15) is 31.7 Å². The predicted molar refractivity (Wildman–Crippen MR) is 84.4 cm³/mol. The van der Waals surface area contributed by atoms with Crippen LogP contribution in [0.25, 0.3) is 10.8 Å². The molecule has 0 aliphatic carbocycles. The second-order valence-electron chi connectivity index (χ2n) is 4.98. The molecule has 0 aliphatic heterocycles. The highest BCUT2D eigenvalue weighted by Gasteiger charge is 2.11. The van der Waals surface area contributed by atoms with Crippen molar-refractivity contribution in [2.24, 2.45) is 5.16 Å². The van der Waals surface area contributed by atoms with Gasteiger partial charge >= 0.3 is 0 Å². The Morgan fingerprint density at radius 1 is 1.10 bits per heavy atom. The number of fused-ring (bicyclic) bond motifs is 1. The minimum absolute atomic E-state index is 0.218. The van der Waals surface area contributed by atoms with E-state index in [1.807, 2.05) is 36.4 Å². The molecule has 0 unspecified atom stereocenters. The lowest BCUT2D eigenvalue weighted by molar-refractivity contribution is 0.266. The number of hydrogen-bond acceptors (Lipinski definition) is 4. The summed E-state index contributed by atoms with van der Waals surface area (Å²) in [5.41, 5.74) is 1.34. The summed E-state index contributed by atoms with van der Waals surface area (Å²) < 4.78 is 5.95. The van der Waals surface area contributed by atoms with Crippen LogP contribution in [-0.2, 0) is 0 Å². The normalized spacial score (nSPS) is 11.8. The third-order valence-corrected chi connectivity index (χ3v) is 3.47. The number of nitrogens with zero attached hydrogens (tertiary/aromatic N) is 1. The number of aliphatic hydroxyl groups excluding tert-OH is 1. The van der Waals surface area contributed by atoms with Crippen LogP contribution in [0.2, 0.25) is 0 Å². The Morgan fingerprint density at radius 3 is 2.67 bits per heavy atom. The van der Waals surface area contributed by atoms with E-state index in [1.165, 1.54) is 0 Å². The molecular weight excluding hydrogens is 266 g/mol. The fraction of sp³-hybridized carbons (Fsp3) is 0.353. The van der Waals surface area contributed by atoms with Gasteiger partial charge in [0.25, 0.3) is 0 Å². The van der Waals surface area contributed by atoms with E-state index in [2.05, 4.69) is 5.16 Å². The molecule has 0 aromatic heterocycles. The van der Waals surface area contributed by atoms with Crippen molar-refractivity contribution in [1.29, 1.82) is 0 Å². The van der Waals surface area contributed by atoms with Gasteiger partial charge in [0.15, 0.2) is 0 Å². The summed E-state index contributed by atoms with van der Waals surface area (Å²) in [5, 5.41) is 23.2. The van der Waals surface area contributed by atoms with Crippen molar-refractivity contribution < 1.29 is 15.1 Å². The lowest BCUT2D eigenvalue weighted by Crippen LogP contribution is -2.04. The van der Waals surface area contributed by atoms with Crippen LogP contribution in [0.4, 0.5) is 0 Å². The lowest BCUT2D eigenvalue weighted by Gasteiger charge is -2.14. The zero-order valence-electron chi connectivity index (χ0n) is 12.2. The molecule has 2 aromatic carbocycles. The molecule has 0 spiro atoms. The molecule has 0 heterocycles. The summed E-state index contributed by atoms with van der Waals surface area (Å²) in [6.45, 7) is 2.55. The van der Waals surface area contributed by atoms with E-state index in [4.69, 9.17) is 15.1 Å². The SMILES string of the molecule is CC(=NO)c1ccc2ccccc2c1OCCCCCO. The smallest absolute Gasteiger partial charge is 0.136 e. The first-order valence-corrected chi connectivity index (χ1v) is 7.22. The van der Waals surface area contributed by atoms with E-state index in [1.54, 1.807) is 6.92 Å². The fourth-order valence-corrected chi connectivity index (χ4v) is 2.30. The molecule has 112 valence electrons. The molecule has 0 amide bonds. The van der Waals surface area contributed by atoms with Crippen molar-refractivity contribution in [2.75, 3.05) is 13.2 Å². The quantitative estimate of drug-likeness (QED) is 0.354. The van der Waals surface area contributed by atoms with Crippen molar-refractivity contribution in [1.82, 2.24) is 0 Å². The van der Waals surface area contributed by atoms with Crippen molar-refractivity contribution in [3.63, 3.8) is 0 Å². The van der Waals surface area contributed by atoms with Crippen LogP contribution in [0.5, 0.6) is 5.75 Å². The summed E-state index contributed by atoms with van der Waals surface area (Å²) in [6, 6.07) is 11.9. The molecule has 0 bridgehead atoms. The molecule has 0 radical (unpaired) electrons. The van der Waals surface area contributed by atoms with Crippen molar-refractivity contribution >= 4 is 16.5 Å². The van der Waals surface area contributed by atoms with Crippen LogP contribution < -0.4 is 4.74 Å². The molecule has 0 saturated heterocycles. The molecule has 21 heavy (non-hydrogen) atoms. The van der Waals surface area contributed by atoms with Crippen LogP contribution in [0.15, 0.2) is 41.6 Å². The Hall–Kier alpha value is -2.07. The standard InChI is InChI=1S/C17H21NO3/c1-13(18-20)15-10-9-14-7-3-4-8-16(14)17(15)21-12-6-2-5-11-19/h3-4,7-10,19-20H,2,5-6,11-12H2,1H3. The zero-order valence-corrected chi connectivity index (χ0v) is 12.2. The number of rotatable bonds is 7. The molecule has 4 heteroatoms. The summed E-state index contributed by atoms with van der Waals surface area (Å²) in [6.07, 6.45) is 2.62. The van der Waals surface area contributed by atoms with Gasteiger partial charge in [-0.2, -0.15) is 0 Å². The van der Waals surface area contributed by atoms with Gasteiger partial charge in [-0.05, 0) is 37.6 Å². The van der Waals surface area contributed by atoms with Crippen molar-refractivity contribution in [2.45, 2.75) is 26.2 Å². The maximum Gasteiger partial charge on any atom is 0.136 e. The Bertz CT molecular complexity index is 622. The summed E-state index contributed by atoms with van der Waals surface area (Å²) in [5.74, 6) is 0.757. The average molecular weight is 287 g/mol. The van der Waals surface area contributed by atoms with E-state index in [0.29, 0.717) is 12.3 Å². The van der Waals surface area contributed by atoms with Gasteiger partial charge in [0, 0.05) is 17.6 Å². The number of benzene rings is 2. The van der Waals surface area contributed by atoms with Gasteiger partial charge in [0.2, 0.25) is 0 Å². The van der Waals surface area contributed by atoms with Gasteiger partial charge in [0.05, 0.1) is 12.3 Å². The molecule has 0 aliphatic rings. The van der Waals surface area contributed by atoms with Crippen LogP contribution >= 0.6 is 0 Å². The Labute approximate surface area is 124 Å². The summed E-state index contributed by atoms with van der Waals surface area (Å²) in [7, 11) is 0. The van der Waals surface area contributed by atoms with Crippen LogP contribution in [-0.4, -0.2) is 29.2 Å². The van der Waals surface area contributed by atoms with Crippen LogP contribution in [0, 0.1) is 0 Å². The average Bonchev–Trinajstić information content (AvgIpc) is 2.53. The van der Waals surface area contributed by atoms with Crippen molar-refractivity contribution in [3.8, 4) is 5.75 Å². The maximum atomic E-state index is 9.03. The van der Waals surface area contributed by atoms with Gasteiger partial charge in [-0.25, -0.2) is 0 Å². The molecule has 2 N–H and O–H groups in total. The Kier molecular flexibility index (Phi) is 5.58. The van der Waals surface area contributed by atoms with Gasteiger partial charge < -0.3 is 15.1 Å². The van der Waals surface area contributed by atoms with Crippen LogP contribution in [0.3, 0.4) is 0 Å². The lowest BCUT2D eigenvalue weighted by atomic mass is 10.0. The first-order chi connectivity index (χ1) is 10.3. The maximum absolute atomic E-state index is 9.03. The molecular formula is C17H21NO3. The largest absolute Gasteiger partial charge is 0.492 e. The minimum Gasteiger partial charge on any atom is -0.492 e. The van der Waals surface area contributed by atoms with E-state index in [-0.39, 0.29) is 6.61 Å². The number of hydrogen-bond donors (Lipinski definition) is 2. The summed E-state index contributed by atoms with van der Waals surface area (Å²) in [4.78, 5) is 0.